The molecule has 0 amide bonds. The van der Waals surface area contributed by atoms with Crippen LogP contribution in [0.25, 0.3) is 0 Å². The minimum absolute atomic E-state index is 0.579. The smallest absolute Gasteiger partial charge is 0.315 e. The van der Waals surface area contributed by atoms with Crippen LogP contribution in [0.2, 0.25) is 0 Å². The monoisotopic (exact) mass is 278 g/mol. The fraction of sp³-hybridized carbons (Fsp3) is 0.867. The van der Waals surface area contributed by atoms with E-state index in [0.29, 0.717) is 24.5 Å². The van der Waals surface area contributed by atoms with E-state index < -0.39 is 0 Å². The maximum Gasteiger partial charge on any atom is 0.315 e. The van der Waals surface area contributed by atoms with Crippen molar-refractivity contribution in [3.8, 4) is 0 Å². The van der Waals surface area contributed by atoms with Gasteiger partial charge in [0.15, 0.2) is 0 Å². The van der Waals surface area contributed by atoms with E-state index in [-0.39, 0.29) is 0 Å². The quantitative estimate of drug-likeness (QED) is 0.803. The number of hydrogen-bond acceptors (Lipinski definition) is 5. The summed E-state index contributed by atoms with van der Waals surface area (Å²) in [5, 5.41) is 14.8. The fourth-order valence-electron chi connectivity index (χ4n) is 2.99. The third kappa shape index (κ3) is 3.95. The molecule has 1 aromatic heterocycles. The summed E-state index contributed by atoms with van der Waals surface area (Å²) in [6, 6.07) is 1.25. The molecular formula is C15H26N4O. The van der Waals surface area contributed by atoms with Gasteiger partial charge in [0.1, 0.15) is 0 Å². The first kappa shape index (κ1) is 13.9. The summed E-state index contributed by atoms with van der Waals surface area (Å²) in [5.74, 6) is 2.40. The largest absolute Gasteiger partial charge is 0.407 e. The summed E-state index contributed by atoms with van der Waals surface area (Å²) in [7, 11) is 0. The summed E-state index contributed by atoms with van der Waals surface area (Å²) in [6.45, 7) is 3.97. The molecule has 1 heterocycles. The van der Waals surface area contributed by atoms with Crippen molar-refractivity contribution in [1.29, 1.82) is 0 Å². The summed E-state index contributed by atoms with van der Waals surface area (Å²) in [6.07, 6.45) is 9.30. The summed E-state index contributed by atoms with van der Waals surface area (Å²) < 4.78 is 5.60. The lowest BCUT2D eigenvalue weighted by atomic mass is 9.81. The molecule has 0 saturated heterocycles. The van der Waals surface area contributed by atoms with E-state index in [2.05, 4.69) is 27.8 Å². The van der Waals surface area contributed by atoms with E-state index in [1.54, 1.807) is 0 Å². The molecule has 5 heteroatoms. The standard InChI is InChI=1S/C15H26N4O/c1-2-11-3-5-12(6-4-11)9-17-15-19-18-14(20-15)10-16-13-7-8-13/h11-13,16H,2-10H2,1H3,(H,17,19). The van der Waals surface area contributed by atoms with Gasteiger partial charge < -0.3 is 15.1 Å². The van der Waals surface area contributed by atoms with Crippen molar-refractivity contribution >= 4 is 6.01 Å². The Morgan fingerprint density at radius 3 is 2.50 bits per heavy atom. The minimum atomic E-state index is 0.579. The first-order valence-corrected chi connectivity index (χ1v) is 8.13. The topological polar surface area (TPSA) is 63.0 Å². The van der Waals surface area contributed by atoms with Gasteiger partial charge in [-0.1, -0.05) is 31.3 Å². The molecule has 0 unspecified atom stereocenters. The Morgan fingerprint density at radius 2 is 1.80 bits per heavy atom. The average Bonchev–Trinajstić information content (AvgIpc) is 3.22. The molecule has 2 aliphatic rings. The first-order chi connectivity index (χ1) is 9.83. The highest BCUT2D eigenvalue weighted by atomic mass is 16.4. The van der Waals surface area contributed by atoms with Gasteiger partial charge in [0.2, 0.25) is 5.89 Å². The lowest BCUT2D eigenvalue weighted by molar-refractivity contribution is 0.277. The first-order valence-electron chi connectivity index (χ1n) is 8.13. The van der Waals surface area contributed by atoms with Gasteiger partial charge in [-0.25, -0.2) is 0 Å². The van der Waals surface area contributed by atoms with Crippen LogP contribution >= 0.6 is 0 Å². The zero-order chi connectivity index (χ0) is 13.8. The number of nitrogens with zero attached hydrogens (tertiary/aromatic N) is 2. The molecule has 2 saturated carbocycles. The highest BCUT2D eigenvalue weighted by Crippen LogP contribution is 2.30. The summed E-state index contributed by atoms with van der Waals surface area (Å²) >= 11 is 0. The van der Waals surface area contributed by atoms with Gasteiger partial charge in [-0.05, 0) is 37.5 Å². The van der Waals surface area contributed by atoms with Crippen molar-refractivity contribution in [2.45, 2.75) is 64.5 Å². The lowest BCUT2D eigenvalue weighted by Gasteiger charge is -2.27. The van der Waals surface area contributed by atoms with Crippen LogP contribution < -0.4 is 10.6 Å². The van der Waals surface area contributed by atoms with Gasteiger partial charge in [0, 0.05) is 12.6 Å². The van der Waals surface area contributed by atoms with E-state index in [1.807, 2.05) is 0 Å². The Bertz CT molecular complexity index is 408. The van der Waals surface area contributed by atoms with Crippen molar-refractivity contribution in [3.63, 3.8) is 0 Å². The SMILES string of the molecule is CCC1CCC(CNc2nnc(CNC3CC3)o2)CC1. The summed E-state index contributed by atoms with van der Waals surface area (Å²) in [4.78, 5) is 0. The Labute approximate surface area is 120 Å². The molecule has 0 aromatic carbocycles. The zero-order valence-electron chi connectivity index (χ0n) is 12.4. The molecule has 0 bridgehead atoms. The van der Waals surface area contributed by atoms with Crippen molar-refractivity contribution in [2.24, 2.45) is 11.8 Å². The maximum atomic E-state index is 5.60. The van der Waals surface area contributed by atoms with Crippen LogP contribution in [-0.2, 0) is 6.54 Å². The van der Waals surface area contributed by atoms with Crippen LogP contribution in [0.3, 0.4) is 0 Å². The third-order valence-electron chi connectivity index (χ3n) is 4.67. The molecule has 2 N–H and O–H groups in total. The van der Waals surface area contributed by atoms with Crippen molar-refractivity contribution < 1.29 is 4.42 Å². The molecule has 0 spiro atoms. The highest BCUT2D eigenvalue weighted by molar-refractivity contribution is 5.17. The lowest BCUT2D eigenvalue weighted by Crippen LogP contribution is -2.21. The van der Waals surface area contributed by atoms with E-state index in [4.69, 9.17) is 4.42 Å². The number of rotatable bonds is 7. The molecular weight excluding hydrogens is 252 g/mol. The Hall–Kier alpha value is -1.10. The predicted molar refractivity (Wildman–Crippen MR) is 78.4 cm³/mol. The van der Waals surface area contributed by atoms with Gasteiger partial charge >= 0.3 is 6.01 Å². The average molecular weight is 278 g/mol. The second-order valence-electron chi connectivity index (χ2n) is 6.33. The van der Waals surface area contributed by atoms with E-state index in [1.165, 1.54) is 44.9 Å². The number of aromatic nitrogens is 2. The van der Waals surface area contributed by atoms with Crippen molar-refractivity contribution in [2.75, 3.05) is 11.9 Å². The van der Waals surface area contributed by atoms with Gasteiger partial charge in [-0.2, -0.15) is 0 Å². The van der Waals surface area contributed by atoms with Gasteiger partial charge in [-0.15, -0.1) is 5.10 Å². The van der Waals surface area contributed by atoms with E-state index in [9.17, 15) is 0 Å². The fourth-order valence-corrected chi connectivity index (χ4v) is 2.99. The highest BCUT2D eigenvalue weighted by Gasteiger charge is 2.22. The second kappa shape index (κ2) is 6.57. The van der Waals surface area contributed by atoms with Gasteiger partial charge in [0.05, 0.1) is 6.54 Å². The molecule has 3 rings (SSSR count). The van der Waals surface area contributed by atoms with Crippen LogP contribution in [-0.4, -0.2) is 22.8 Å². The van der Waals surface area contributed by atoms with Crippen molar-refractivity contribution in [3.05, 3.63) is 5.89 Å². The Morgan fingerprint density at radius 1 is 1.05 bits per heavy atom. The Balaban J connectivity index is 1.37. The van der Waals surface area contributed by atoms with E-state index in [0.717, 1.165) is 18.4 Å². The van der Waals surface area contributed by atoms with Gasteiger partial charge in [-0.3, -0.25) is 0 Å². The van der Waals surface area contributed by atoms with Crippen LogP contribution in [0.4, 0.5) is 6.01 Å². The molecule has 2 aliphatic carbocycles. The van der Waals surface area contributed by atoms with Crippen LogP contribution in [0.1, 0.15) is 57.8 Å². The Kier molecular flexibility index (Phi) is 4.55. The minimum Gasteiger partial charge on any atom is -0.407 e. The predicted octanol–water partition coefficient (Wildman–Crippen LogP) is 2.95. The number of hydrogen-bond donors (Lipinski definition) is 2. The molecule has 2 fully saturated rings. The second-order valence-corrected chi connectivity index (χ2v) is 6.33. The maximum absolute atomic E-state index is 5.60. The van der Waals surface area contributed by atoms with Crippen LogP contribution in [0, 0.1) is 11.8 Å². The molecule has 0 radical (unpaired) electrons. The molecule has 112 valence electrons. The molecule has 20 heavy (non-hydrogen) atoms. The van der Waals surface area contributed by atoms with E-state index >= 15 is 0 Å². The molecule has 5 nitrogen and oxygen atoms in total. The van der Waals surface area contributed by atoms with Crippen LogP contribution in [0.15, 0.2) is 4.42 Å². The molecule has 1 aromatic rings. The number of nitrogens with one attached hydrogen (secondary N) is 2. The molecule has 0 aliphatic heterocycles. The van der Waals surface area contributed by atoms with Crippen molar-refractivity contribution in [1.82, 2.24) is 15.5 Å². The van der Waals surface area contributed by atoms with Gasteiger partial charge in [0.25, 0.3) is 0 Å². The zero-order valence-corrected chi connectivity index (χ0v) is 12.4. The van der Waals surface area contributed by atoms with Crippen LogP contribution in [0.5, 0.6) is 0 Å². The number of anilines is 1. The third-order valence-corrected chi connectivity index (χ3v) is 4.67. The summed E-state index contributed by atoms with van der Waals surface area (Å²) in [5.41, 5.74) is 0. The molecule has 0 atom stereocenters. The normalized spacial score (nSPS) is 26.6.